The second-order valence-electron chi connectivity index (χ2n) is 3.92. The number of nitrogens with one attached hydrogen (secondary N) is 1. The molecule has 2 N–H and O–H groups in total. The van der Waals surface area contributed by atoms with Crippen LogP contribution in [0.3, 0.4) is 0 Å². The quantitative estimate of drug-likeness (QED) is 0.748. The number of carbonyl (C=O) groups is 1. The number of anilines is 1. The lowest BCUT2D eigenvalue weighted by Gasteiger charge is -2.15. The minimum atomic E-state index is -0.906. The fourth-order valence-corrected chi connectivity index (χ4v) is 1.54. The van der Waals surface area contributed by atoms with E-state index in [0.29, 0.717) is 11.3 Å². The normalized spacial score (nSPS) is 11.9. The van der Waals surface area contributed by atoms with Crippen LogP contribution >= 0.6 is 0 Å². The maximum atomic E-state index is 11.1. The number of benzene rings is 1. The lowest BCUT2D eigenvalue weighted by atomic mass is 10.1. The van der Waals surface area contributed by atoms with Crippen molar-refractivity contribution in [3.05, 3.63) is 42.0 Å². The Balaban J connectivity index is 2.94. The van der Waals surface area contributed by atoms with Gasteiger partial charge in [-0.05, 0) is 32.4 Å². The van der Waals surface area contributed by atoms with Gasteiger partial charge in [0.05, 0.1) is 5.56 Å². The van der Waals surface area contributed by atoms with Gasteiger partial charge in [-0.25, -0.2) is 4.79 Å². The maximum Gasteiger partial charge on any atom is 0.337 e. The van der Waals surface area contributed by atoms with Crippen molar-refractivity contribution in [1.82, 2.24) is 0 Å². The highest BCUT2D eigenvalue weighted by Crippen LogP contribution is 2.19. The molecule has 0 amide bonds. The molecule has 0 bridgehead atoms. The molecule has 0 fully saturated rings. The summed E-state index contributed by atoms with van der Waals surface area (Å²) in [7, 11) is 0. The standard InChI is InChI=1S/C13H17NO2/c1-4-5-10(3)14-12-7-6-9(2)8-11(12)13(15)16/h4,6-8,10,14H,1,5H2,2-3H3,(H,15,16). The summed E-state index contributed by atoms with van der Waals surface area (Å²) in [4.78, 5) is 11.1. The average molecular weight is 219 g/mol. The van der Waals surface area contributed by atoms with Crippen LogP contribution < -0.4 is 5.32 Å². The molecule has 0 saturated heterocycles. The predicted molar refractivity (Wildman–Crippen MR) is 66.0 cm³/mol. The van der Waals surface area contributed by atoms with Gasteiger partial charge in [-0.2, -0.15) is 0 Å². The molecule has 3 heteroatoms. The van der Waals surface area contributed by atoms with Crippen LogP contribution in [0.4, 0.5) is 5.69 Å². The highest BCUT2D eigenvalue weighted by molar-refractivity contribution is 5.94. The molecule has 86 valence electrons. The summed E-state index contributed by atoms with van der Waals surface area (Å²) >= 11 is 0. The minimum Gasteiger partial charge on any atom is -0.478 e. The van der Waals surface area contributed by atoms with E-state index in [-0.39, 0.29) is 6.04 Å². The van der Waals surface area contributed by atoms with E-state index in [0.717, 1.165) is 12.0 Å². The van der Waals surface area contributed by atoms with Crippen LogP contribution in [0.2, 0.25) is 0 Å². The number of rotatable bonds is 5. The predicted octanol–water partition coefficient (Wildman–Crippen LogP) is 3.07. The number of aromatic carboxylic acids is 1. The Morgan fingerprint density at radius 2 is 2.31 bits per heavy atom. The van der Waals surface area contributed by atoms with E-state index in [1.807, 2.05) is 26.0 Å². The fraction of sp³-hybridized carbons (Fsp3) is 0.308. The van der Waals surface area contributed by atoms with Gasteiger partial charge < -0.3 is 10.4 Å². The summed E-state index contributed by atoms with van der Waals surface area (Å²) in [5.41, 5.74) is 1.92. The van der Waals surface area contributed by atoms with Gasteiger partial charge in [0, 0.05) is 11.7 Å². The summed E-state index contributed by atoms with van der Waals surface area (Å²) < 4.78 is 0. The SMILES string of the molecule is C=CCC(C)Nc1ccc(C)cc1C(=O)O. The van der Waals surface area contributed by atoms with Crippen molar-refractivity contribution >= 4 is 11.7 Å². The summed E-state index contributed by atoms with van der Waals surface area (Å²) in [6.07, 6.45) is 2.61. The second kappa shape index (κ2) is 5.35. The third-order valence-corrected chi connectivity index (χ3v) is 2.33. The van der Waals surface area contributed by atoms with Gasteiger partial charge >= 0.3 is 5.97 Å². The Morgan fingerprint density at radius 1 is 1.62 bits per heavy atom. The lowest BCUT2D eigenvalue weighted by Crippen LogP contribution is -2.16. The van der Waals surface area contributed by atoms with Crippen molar-refractivity contribution < 1.29 is 9.90 Å². The molecule has 0 aliphatic rings. The Kier molecular flexibility index (Phi) is 4.11. The summed E-state index contributed by atoms with van der Waals surface area (Å²) in [5.74, 6) is -0.906. The van der Waals surface area contributed by atoms with Crippen LogP contribution in [-0.2, 0) is 0 Å². The van der Waals surface area contributed by atoms with Crippen LogP contribution in [0, 0.1) is 6.92 Å². The molecule has 3 nitrogen and oxygen atoms in total. The van der Waals surface area contributed by atoms with E-state index >= 15 is 0 Å². The third kappa shape index (κ3) is 3.12. The first-order valence-electron chi connectivity index (χ1n) is 5.26. The molecular formula is C13H17NO2. The molecule has 1 atom stereocenters. The maximum absolute atomic E-state index is 11.1. The van der Waals surface area contributed by atoms with Gasteiger partial charge in [-0.1, -0.05) is 17.7 Å². The van der Waals surface area contributed by atoms with Gasteiger partial charge in [0.25, 0.3) is 0 Å². The van der Waals surface area contributed by atoms with Crippen molar-refractivity contribution in [2.75, 3.05) is 5.32 Å². The average Bonchev–Trinajstić information content (AvgIpc) is 2.20. The number of aryl methyl sites for hydroxylation is 1. The molecule has 0 aliphatic carbocycles. The minimum absolute atomic E-state index is 0.179. The Bertz CT molecular complexity index is 399. The van der Waals surface area contributed by atoms with Crippen molar-refractivity contribution in [1.29, 1.82) is 0 Å². The van der Waals surface area contributed by atoms with Crippen LogP contribution in [0.5, 0.6) is 0 Å². The molecule has 16 heavy (non-hydrogen) atoms. The molecule has 1 aromatic carbocycles. The van der Waals surface area contributed by atoms with E-state index < -0.39 is 5.97 Å². The lowest BCUT2D eigenvalue weighted by molar-refractivity contribution is 0.0698. The highest BCUT2D eigenvalue weighted by Gasteiger charge is 2.11. The van der Waals surface area contributed by atoms with Crippen LogP contribution in [0.25, 0.3) is 0 Å². The molecule has 0 aromatic heterocycles. The molecule has 0 spiro atoms. The zero-order valence-electron chi connectivity index (χ0n) is 9.66. The van der Waals surface area contributed by atoms with Crippen LogP contribution in [0.15, 0.2) is 30.9 Å². The molecule has 0 aliphatic heterocycles. The van der Waals surface area contributed by atoms with E-state index in [9.17, 15) is 4.79 Å². The first kappa shape index (κ1) is 12.3. The molecule has 1 unspecified atom stereocenters. The molecule has 0 radical (unpaired) electrons. The van der Waals surface area contributed by atoms with E-state index in [1.165, 1.54) is 0 Å². The van der Waals surface area contributed by atoms with Gasteiger partial charge in [0.2, 0.25) is 0 Å². The zero-order chi connectivity index (χ0) is 12.1. The summed E-state index contributed by atoms with van der Waals surface area (Å²) in [6.45, 7) is 7.53. The molecule has 1 rings (SSSR count). The van der Waals surface area contributed by atoms with Gasteiger partial charge in [-0.3, -0.25) is 0 Å². The first-order valence-corrected chi connectivity index (χ1v) is 5.26. The highest BCUT2D eigenvalue weighted by atomic mass is 16.4. The summed E-state index contributed by atoms with van der Waals surface area (Å²) in [6, 6.07) is 5.55. The first-order chi connectivity index (χ1) is 7.54. The fourth-order valence-electron chi connectivity index (χ4n) is 1.54. The van der Waals surface area contributed by atoms with Crippen molar-refractivity contribution in [3.8, 4) is 0 Å². The Morgan fingerprint density at radius 3 is 2.88 bits per heavy atom. The molecule has 0 saturated carbocycles. The smallest absolute Gasteiger partial charge is 0.337 e. The van der Waals surface area contributed by atoms with Gasteiger partial charge in [0.15, 0.2) is 0 Å². The molecular weight excluding hydrogens is 202 g/mol. The van der Waals surface area contributed by atoms with Crippen LogP contribution in [0.1, 0.15) is 29.3 Å². The van der Waals surface area contributed by atoms with Crippen molar-refractivity contribution in [3.63, 3.8) is 0 Å². The monoisotopic (exact) mass is 219 g/mol. The Labute approximate surface area is 95.8 Å². The van der Waals surface area contributed by atoms with Crippen molar-refractivity contribution in [2.24, 2.45) is 0 Å². The number of carboxylic acids is 1. The zero-order valence-corrected chi connectivity index (χ0v) is 9.66. The Hall–Kier alpha value is -1.77. The number of hydrogen-bond donors (Lipinski definition) is 2. The van der Waals surface area contributed by atoms with E-state index in [4.69, 9.17) is 5.11 Å². The molecule has 1 aromatic rings. The van der Waals surface area contributed by atoms with E-state index in [2.05, 4.69) is 11.9 Å². The van der Waals surface area contributed by atoms with Crippen LogP contribution in [-0.4, -0.2) is 17.1 Å². The topological polar surface area (TPSA) is 49.3 Å². The summed E-state index contributed by atoms with van der Waals surface area (Å²) in [5, 5.41) is 12.2. The van der Waals surface area contributed by atoms with Gasteiger partial charge in [0.1, 0.15) is 0 Å². The second-order valence-corrected chi connectivity index (χ2v) is 3.92. The third-order valence-electron chi connectivity index (χ3n) is 2.33. The molecule has 0 heterocycles. The number of carboxylic acid groups (broad SMARTS) is 1. The van der Waals surface area contributed by atoms with Gasteiger partial charge in [-0.15, -0.1) is 6.58 Å². The number of hydrogen-bond acceptors (Lipinski definition) is 2. The van der Waals surface area contributed by atoms with E-state index in [1.54, 1.807) is 12.1 Å². The van der Waals surface area contributed by atoms with Crippen molar-refractivity contribution in [2.45, 2.75) is 26.3 Å². The largest absolute Gasteiger partial charge is 0.478 e.